The Hall–Kier alpha value is -1.37. The molecular weight excluding hydrogens is 225 g/mol. The minimum absolute atomic E-state index is 0.170. The molecule has 62 valence electrons. The number of benzene rings is 1. The van der Waals surface area contributed by atoms with Gasteiger partial charge in [0.2, 0.25) is 0 Å². The van der Waals surface area contributed by atoms with Crippen molar-refractivity contribution < 1.29 is 11.5 Å². The van der Waals surface area contributed by atoms with E-state index >= 15 is 0 Å². The first-order valence-corrected chi connectivity index (χ1v) is 6.00. The van der Waals surface area contributed by atoms with E-state index in [1.165, 1.54) is 12.1 Å². The van der Waals surface area contributed by atoms with Crippen molar-refractivity contribution in [1.29, 1.82) is 5.26 Å². The molecule has 0 aliphatic rings. The Balaban J connectivity index is 2.87. The van der Waals surface area contributed by atoms with E-state index in [4.69, 9.17) is 5.26 Å². The quantitative estimate of drug-likeness (QED) is 0.708. The Bertz CT molecular complexity index is 390. The van der Waals surface area contributed by atoms with E-state index in [2.05, 4.69) is 3.82 Å². The molecule has 0 atom stereocenters. The second kappa shape index (κ2) is 3.35. The van der Waals surface area contributed by atoms with Gasteiger partial charge >= 0.3 is 70.8 Å². The fourth-order valence-electron chi connectivity index (χ4n) is 0.621. The zero-order chi connectivity index (χ0) is 9.03. The van der Waals surface area contributed by atoms with E-state index in [1.54, 1.807) is 18.2 Å². The van der Waals surface area contributed by atoms with E-state index in [1.807, 2.05) is 0 Å². The molecule has 0 amide bonds. The van der Waals surface area contributed by atoms with Crippen LogP contribution in [0.15, 0.2) is 30.3 Å². The van der Waals surface area contributed by atoms with Crippen LogP contribution in [0.1, 0.15) is 0 Å². The van der Waals surface area contributed by atoms with Crippen LogP contribution in [0.3, 0.4) is 0 Å². The molecule has 0 spiro atoms. The molecule has 0 saturated carbocycles. The van der Waals surface area contributed by atoms with Gasteiger partial charge in [-0.2, -0.15) is 0 Å². The molecule has 1 aromatic rings. The van der Waals surface area contributed by atoms with Gasteiger partial charge in [0.05, 0.1) is 0 Å². The first-order valence-electron chi connectivity index (χ1n) is 3.04. The average molecular weight is 230 g/mol. The zero-order valence-corrected chi connectivity index (χ0v) is 7.68. The van der Waals surface area contributed by atoms with Crippen LogP contribution >= 0.6 is 0 Å². The Labute approximate surface area is 71.3 Å². The molecule has 0 fully saturated rings. The maximum atomic E-state index is 10.7. The summed E-state index contributed by atoms with van der Waals surface area (Å²) >= 11 is -4.78. The number of nitrogens with zero attached hydrogens (tertiary/aromatic N) is 1. The normalized spacial score (nSPS) is 10.2. The Kier molecular flexibility index (Phi) is 2.44. The molecule has 5 heteroatoms. The van der Waals surface area contributed by atoms with Gasteiger partial charge in [-0.25, -0.2) is 0 Å². The number of hydrogen-bond donors (Lipinski definition) is 0. The second-order valence-electron chi connectivity index (χ2n) is 1.94. The summed E-state index contributed by atoms with van der Waals surface area (Å²) in [5.74, 6) is 0.170. The van der Waals surface area contributed by atoms with Crippen molar-refractivity contribution in [3.63, 3.8) is 0 Å². The van der Waals surface area contributed by atoms with Gasteiger partial charge in [0.1, 0.15) is 0 Å². The summed E-state index contributed by atoms with van der Waals surface area (Å²) in [5.41, 5.74) is 0. The van der Waals surface area contributed by atoms with Gasteiger partial charge in [-0.1, -0.05) is 0 Å². The Morgan fingerprint density at radius 3 is 2.33 bits per heavy atom. The molecule has 0 N–H and O–H groups in total. The number of rotatable bonds is 2. The van der Waals surface area contributed by atoms with Crippen LogP contribution in [0.25, 0.3) is 0 Å². The van der Waals surface area contributed by atoms with Crippen molar-refractivity contribution in [2.45, 2.75) is 0 Å². The molecule has 0 heterocycles. The summed E-state index contributed by atoms with van der Waals surface area (Å²) in [6.45, 7) is 0. The van der Waals surface area contributed by atoms with E-state index in [9.17, 15) is 7.67 Å². The maximum absolute atomic E-state index is 10.7. The van der Waals surface area contributed by atoms with E-state index in [0.717, 1.165) is 4.97 Å². The fraction of sp³-hybridized carbons (Fsp3) is 0. The molecular formula is C7H5NO3Se. The molecule has 12 heavy (non-hydrogen) atoms. The molecule has 0 saturated heterocycles. The van der Waals surface area contributed by atoms with Crippen LogP contribution < -0.4 is 3.82 Å². The minimum atomic E-state index is -4.78. The second-order valence-corrected chi connectivity index (χ2v) is 4.58. The molecule has 0 unspecified atom stereocenters. The Morgan fingerprint density at radius 1 is 1.25 bits per heavy atom. The van der Waals surface area contributed by atoms with Gasteiger partial charge in [-0.15, -0.1) is 0 Å². The molecule has 0 aliphatic carbocycles. The van der Waals surface area contributed by atoms with Crippen molar-refractivity contribution in [2.75, 3.05) is 0 Å². The number of nitriles is 1. The predicted octanol–water partition coefficient (Wildman–Crippen LogP) is 0.928. The van der Waals surface area contributed by atoms with Crippen LogP contribution in [0.4, 0.5) is 0 Å². The van der Waals surface area contributed by atoms with Crippen LogP contribution in [0.2, 0.25) is 0 Å². The fourth-order valence-corrected chi connectivity index (χ4v) is 1.46. The number of hydrogen-bond acceptors (Lipinski definition) is 4. The predicted molar refractivity (Wildman–Crippen MR) is 39.8 cm³/mol. The molecule has 0 aliphatic heterocycles. The van der Waals surface area contributed by atoms with Crippen molar-refractivity contribution in [2.24, 2.45) is 0 Å². The van der Waals surface area contributed by atoms with Gasteiger partial charge in [0.15, 0.2) is 0 Å². The van der Waals surface area contributed by atoms with Crippen LogP contribution in [-0.4, -0.2) is 13.0 Å². The van der Waals surface area contributed by atoms with E-state index < -0.39 is 13.0 Å². The molecule has 0 bridgehead atoms. The number of para-hydroxylation sites is 1. The van der Waals surface area contributed by atoms with Gasteiger partial charge < -0.3 is 0 Å². The van der Waals surface area contributed by atoms with Crippen LogP contribution in [0, 0.1) is 10.2 Å². The molecule has 0 aromatic heterocycles. The Morgan fingerprint density at radius 2 is 1.83 bits per heavy atom. The van der Waals surface area contributed by atoms with Crippen molar-refractivity contribution in [3.8, 4) is 10.7 Å². The van der Waals surface area contributed by atoms with Crippen LogP contribution in [0.5, 0.6) is 5.75 Å². The van der Waals surface area contributed by atoms with Crippen molar-refractivity contribution in [3.05, 3.63) is 30.3 Å². The summed E-state index contributed by atoms with van der Waals surface area (Å²) in [6.07, 6.45) is 0. The zero-order valence-electron chi connectivity index (χ0n) is 5.97. The third kappa shape index (κ3) is 2.35. The van der Waals surface area contributed by atoms with Crippen LogP contribution in [-0.2, 0) is 7.67 Å². The molecule has 1 rings (SSSR count). The first-order chi connectivity index (χ1) is 5.64. The van der Waals surface area contributed by atoms with E-state index in [0.29, 0.717) is 0 Å². The summed E-state index contributed by atoms with van der Waals surface area (Å²) in [6, 6.07) is 7.92. The van der Waals surface area contributed by atoms with Gasteiger partial charge in [0.25, 0.3) is 0 Å². The van der Waals surface area contributed by atoms with Gasteiger partial charge in [0, 0.05) is 0 Å². The SMILES string of the molecule is N#C[Se](=O)(=O)Oc1ccccc1. The molecule has 1 aromatic carbocycles. The summed E-state index contributed by atoms with van der Waals surface area (Å²) in [4.78, 5) is 1.11. The summed E-state index contributed by atoms with van der Waals surface area (Å²) in [7, 11) is 0. The van der Waals surface area contributed by atoms with Gasteiger partial charge in [-0.3, -0.25) is 0 Å². The van der Waals surface area contributed by atoms with Crippen molar-refractivity contribution >= 4 is 13.0 Å². The molecule has 0 radical (unpaired) electrons. The summed E-state index contributed by atoms with van der Waals surface area (Å²) in [5, 5.41) is 8.12. The van der Waals surface area contributed by atoms with Crippen molar-refractivity contribution in [1.82, 2.24) is 0 Å². The standard InChI is InChI=1S/C7H5NO3Se/c8-6-12(9,10)11-7-4-2-1-3-5-7/h1-5H. The monoisotopic (exact) mass is 231 g/mol. The third-order valence-corrected chi connectivity index (χ3v) is 2.39. The van der Waals surface area contributed by atoms with E-state index in [-0.39, 0.29) is 5.75 Å². The van der Waals surface area contributed by atoms with Gasteiger partial charge in [-0.05, 0) is 0 Å². The average Bonchev–Trinajstić information content (AvgIpc) is 2.06. The molecule has 4 nitrogen and oxygen atoms in total. The third-order valence-electron chi connectivity index (χ3n) is 1.06. The first kappa shape index (κ1) is 8.72. The summed E-state index contributed by atoms with van der Waals surface area (Å²) < 4.78 is 25.8. The topological polar surface area (TPSA) is 67.2 Å².